The van der Waals surface area contributed by atoms with Gasteiger partial charge in [-0.3, -0.25) is 0 Å². The van der Waals surface area contributed by atoms with Crippen molar-refractivity contribution in [3.05, 3.63) is 53.1 Å². The average molecular weight is 299 g/mol. The number of anilines is 1. The first-order valence-electron chi connectivity index (χ1n) is 7.76. The third-order valence-electron chi connectivity index (χ3n) is 3.72. The van der Waals surface area contributed by atoms with Crippen LogP contribution in [0.5, 0.6) is 11.5 Å². The highest BCUT2D eigenvalue weighted by Gasteiger charge is 2.02. The van der Waals surface area contributed by atoms with Crippen LogP contribution < -0.4 is 15.2 Å². The lowest BCUT2D eigenvalue weighted by molar-refractivity contribution is 0.265. The number of hydrogen-bond acceptors (Lipinski definition) is 3. The predicted molar refractivity (Wildman–Crippen MR) is 91.7 cm³/mol. The second-order valence-electron chi connectivity index (χ2n) is 5.64. The van der Waals surface area contributed by atoms with Gasteiger partial charge in [-0.2, -0.15) is 0 Å². The van der Waals surface area contributed by atoms with Crippen LogP contribution in [0, 0.1) is 20.8 Å². The minimum Gasteiger partial charge on any atom is -0.493 e. The molecule has 0 unspecified atom stereocenters. The Hall–Kier alpha value is -2.16. The molecule has 118 valence electrons. The van der Waals surface area contributed by atoms with E-state index in [1.54, 1.807) is 0 Å². The fourth-order valence-corrected chi connectivity index (χ4v) is 2.22. The maximum Gasteiger partial charge on any atom is 0.124 e. The largest absolute Gasteiger partial charge is 0.493 e. The molecule has 2 aromatic carbocycles. The van der Waals surface area contributed by atoms with E-state index in [1.807, 2.05) is 25.1 Å². The smallest absolute Gasteiger partial charge is 0.124 e. The summed E-state index contributed by atoms with van der Waals surface area (Å²) in [5.41, 5.74) is 10.0. The SMILES string of the molecule is Cc1ccc(C)c(OCCCCOc2cccc(N)c2C)c1. The molecule has 0 bridgehead atoms. The van der Waals surface area contributed by atoms with E-state index in [0.29, 0.717) is 13.2 Å². The number of benzene rings is 2. The number of rotatable bonds is 7. The molecule has 0 fully saturated rings. The molecular weight excluding hydrogens is 274 g/mol. The van der Waals surface area contributed by atoms with E-state index in [2.05, 4.69) is 32.0 Å². The van der Waals surface area contributed by atoms with E-state index in [9.17, 15) is 0 Å². The Labute approximate surface area is 133 Å². The van der Waals surface area contributed by atoms with Crippen molar-refractivity contribution >= 4 is 5.69 Å². The van der Waals surface area contributed by atoms with Crippen molar-refractivity contribution in [3.8, 4) is 11.5 Å². The van der Waals surface area contributed by atoms with E-state index in [1.165, 1.54) is 11.1 Å². The molecule has 0 aliphatic rings. The zero-order chi connectivity index (χ0) is 15.9. The topological polar surface area (TPSA) is 44.5 Å². The zero-order valence-electron chi connectivity index (χ0n) is 13.7. The van der Waals surface area contributed by atoms with Gasteiger partial charge in [0.25, 0.3) is 0 Å². The fourth-order valence-electron chi connectivity index (χ4n) is 2.22. The van der Waals surface area contributed by atoms with Crippen molar-refractivity contribution in [1.82, 2.24) is 0 Å². The van der Waals surface area contributed by atoms with Crippen LogP contribution in [-0.2, 0) is 0 Å². The molecule has 0 radical (unpaired) electrons. The third kappa shape index (κ3) is 4.42. The molecule has 0 heterocycles. The quantitative estimate of drug-likeness (QED) is 0.607. The number of ether oxygens (including phenoxy) is 2. The van der Waals surface area contributed by atoms with E-state index in [0.717, 1.165) is 35.6 Å². The zero-order valence-corrected chi connectivity index (χ0v) is 13.7. The molecule has 0 aliphatic heterocycles. The highest BCUT2D eigenvalue weighted by atomic mass is 16.5. The molecule has 2 N–H and O–H groups in total. The second kappa shape index (κ2) is 7.74. The summed E-state index contributed by atoms with van der Waals surface area (Å²) in [6, 6.07) is 12.0. The monoisotopic (exact) mass is 299 g/mol. The molecule has 2 aromatic rings. The molecule has 2 rings (SSSR count). The molecule has 0 saturated heterocycles. The van der Waals surface area contributed by atoms with Gasteiger partial charge in [-0.25, -0.2) is 0 Å². The van der Waals surface area contributed by atoms with E-state index >= 15 is 0 Å². The summed E-state index contributed by atoms with van der Waals surface area (Å²) in [6.45, 7) is 7.52. The van der Waals surface area contributed by atoms with Gasteiger partial charge >= 0.3 is 0 Å². The van der Waals surface area contributed by atoms with Gasteiger partial charge in [-0.1, -0.05) is 18.2 Å². The molecule has 0 aliphatic carbocycles. The van der Waals surface area contributed by atoms with Gasteiger partial charge in [-0.15, -0.1) is 0 Å². The summed E-state index contributed by atoms with van der Waals surface area (Å²) in [6.07, 6.45) is 1.92. The summed E-state index contributed by atoms with van der Waals surface area (Å²) in [5, 5.41) is 0. The molecule has 0 atom stereocenters. The number of nitrogen functional groups attached to an aromatic ring is 1. The Morgan fingerprint density at radius 2 is 1.55 bits per heavy atom. The molecule has 0 saturated carbocycles. The van der Waals surface area contributed by atoms with Crippen LogP contribution in [0.3, 0.4) is 0 Å². The van der Waals surface area contributed by atoms with Gasteiger partial charge in [0, 0.05) is 11.3 Å². The number of nitrogens with two attached hydrogens (primary N) is 1. The van der Waals surface area contributed by atoms with Crippen molar-refractivity contribution in [1.29, 1.82) is 0 Å². The van der Waals surface area contributed by atoms with Crippen molar-refractivity contribution < 1.29 is 9.47 Å². The van der Waals surface area contributed by atoms with Gasteiger partial charge < -0.3 is 15.2 Å². The predicted octanol–water partition coefficient (Wildman–Crippen LogP) is 4.43. The maximum atomic E-state index is 5.86. The van der Waals surface area contributed by atoms with Gasteiger partial charge in [0.2, 0.25) is 0 Å². The van der Waals surface area contributed by atoms with Crippen LogP contribution >= 0.6 is 0 Å². The van der Waals surface area contributed by atoms with Crippen molar-refractivity contribution in [3.63, 3.8) is 0 Å². The van der Waals surface area contributed by atoms with Crippen LogP contribution in [-0.4, -0.2) is 13.2 Å². The first-order chi connectivity index (χ1) is 10.6. The van der Waals surface area contributed by atoms with Gasteiger partial charge in [0.05, 0.1) is 13.2 Å². The first kappa shape index (κ1) is 16.2. The second-order valence-corrected chi connectivity index (χ2v) is 5.64. The lowest BCUT2D eigenvalue weighted by Crippen LogP contribution is -2.04. The van der Waals surface area contributed by atoms with E-state index < -0.39 is 0 Å². The van der Waals surface area contributed by atoms with Crippen LogP contribution in [0.1, 0.15) is 29.5 Å². The van der Waals surface area contributed by atoms with Crippen molar-refractivity contribution in [2.24, 2.45) is 0 Å². The highest BCUT2D eigenvalue weighted by Crippen LogP contribution is 2.23. The van der Waals surface area contributed by atoms with Crippen LogP contribution in [0.4, 0.5) is 5.69 Å². The molecular formula is C19H25NO2. The van der Waals surface area contributed by atoms with Gasteiger partial charge in [-0.05, 0) is 62.9 Å². The van der Waals surface area contributed by atoms with Crippen LogP contribution in [0.2, 0.25) is 0 Å². The standard InChI is InChI=1S/C19H25NO2/c1-14-9-10-15(2)19(13-14)22-12-5-4-11-21-18-8-6-7-17(20)16(18)3/h6-10,13H,4-5,11-12,20H2,1-3H3. The van der Waals surface area contributed by atoms with Gasteiger partial charge in [0.1, 0.15) is 11.5 Å². The first-order valence-corrected chi connectivity index (χ1v) is 7.76. The Balaban J connectivity index is 1.69. The molecule has 0 amide bonds. The number of aryl methyl sites for hydroxylation is 2. The maximum absolute atomic E-state index is 5.86. The lowest BCUT2D eigenvalue weighted by atomic mass is 10.1. The summed E-state index contributed by atoms with van der Waals surface area (Å²) in [7, 11) is 0. The summed E-state index contributed by atoms with van der Waals surface area (Å²) in [5.74, 6) is 1.85. The molecule has 0 aromatic heterocycles. The highest BCUT2D eigenvalue weighted by molar-refractivity contribution is 5.53. The Morgan fingerprint density at radius 3 is 2.27 bits per heavy atom. The summed E-state index contributed by atoms with van der Waals surface area (Å²) < 4.78 is 11.6. The molecule has 22 heavy (non-hydrogen) atoms. The van der Waals surface area contributed by atoms with E-state index in [4.69, 9.17) is 15.2 Å². The molecule has 3 heteroatoms. The van der Waals surface area contributed by atoms with Gasteiger partial charge in [0.15, 0.2) is 0 Å². The molecule has 0 spiro atoms. The number of hydrogen-bond donors (Lipinski definition) is 1. The number of unbranched alkanes of at least 4 members (excludes halogenated alkanes) is 1. The Morgan fingerprint density at radius 1 is 0.864 bits per heavy atom. The Bertz CT molecular complexity index is 617. The third-order valence-corrected chi connectivity index (χ3v) is 3.72. The lowest BCUT2D eigenvalue weighted by Gasteiger charge is -2.12. The van der Waals surface area contributed by atoms with Crippen molar-refractivity contribution in [2.75, 3.05) is 18.9 Å². The fraction of sp³-hybridized carbons (Fsp3) is 0.368. The average Bonchev–Trinajstić information content (AvgIpc) is 2.50. The summed E-state index contributed by atoms with van der Waals surface area (Å²) >= 11 is 0. The summed E-state index contributed by atoms with van der Waals surface area (Å²) in [4.78, 5) is 0. The van der Waals surface area contributed by atoms with Crippen molar-refractivity contribution in [2.45, 2.75) is 33.6 Å². The minimum absolute atomic E-state index is 0.681. The Kier molecular flexibility index (Phi) is 5.70. The normalized spacial score (nSPS) is 10.5. The minimum atomic E-state index is 0.681. The van der Waals surface area contributed by atoms with Crippen LogP contribution in [0.15, 0.2) is 36.4 Å². The van der Waals surface area contributed by atoms with E-state index in [-0.39, 0.29) is 0 Å². The molecule has 3 nitrogen and oxygen atoms in total. The van der Waals surface area contributed by atoms with Crippen LogP contribution in [0.25, 0.3) is 0 Å².